The minimum Gasteiger partial charge on any atom is -0.462 e. The third kappa shape index (κ3) is 4.64. The lowest BCUT2D eigenvalue weighted by molar-refractivity contribution is -0.0978. The first-order valence-electron chi connectivity index (χ1n) is 11.8. The van der Waals surface area contributed by atoms with Gasteiger partial charge in [-0.05, 0) is 44.5 Å². The second-order valence-electron chi connectivity index (χ2n) is 8.64. The number of aromatic nitrogens is 1. The highest BCUT2D eigenvalue weighted by Crippen LogP contribution is 2.35. The number of nitrogens with zero attached hydrogens (tertiary/aromatic N) is 2. The molecule has 0 saturated carbocycles. The number of para-hydroxylation sites is 1. The molecule has 0 unspecified atom stereocenters. The van der Waals surface area contributed by atoms with Gasteiger partial charge < -0.3 is 14.2 Å². The summed E-state index contributed by atoms with van der Waals surface area (Å²) in [5.74, 6) is 0.116. The number of fused-ring (bicyclic) bond motifs is 1. The molecule has 3 aromatic rings. The molecule has 33 heavy (non-hydrogen) atoms. The van der Waals surface area contributed by atoms with Crippen LogP contribution in [-0.4, -0.2) is 55.1 Å². The highest BCUT2D eigenvalue weighted by Gasteiger charge is 2.31. The standard InChI is InChI=1S/C27H30N2O4/c1-2-31-26(30)25-23(18-29-14-12-20(13-15-29)27-32-16-17-33-27)28-22-11-7-6-10-21(22)24(25)19-8-4-3-5-9-19/h3-11,20,27H,2,12-18H2,1H3. The van der Waals surface area contributed by atoms with Crippen LogP contribution in [0.2, 0.25) is 0 Å². The lowest BCUT2D eigenvalue weighted by atomic mass is 9.93. The molecule has 1 aromatic heterocycles. The Hall–Kier alpha value is -2.80. The number of hydrogen-bond donors (Lipinski definition) is 0. The van der Waals surface area contributed by atoms with Crippen molar-refractivity contribution in [2.75, 3.05) is 32.9 Å². The second kappa shape index (κ2) is 10.00. The van der Waals surface area contributed by atoms with Crippen molar-refractivity contribution in [3.63, 3.8) is 0 Å². The van der Waals surface area contributed by atoms with E-state index in [1.807, 2.05) is 61.5 Å². The number of benzene rings is 2. The molecule has 2 saturated heterocycles. The number of carbonyl (C=O) groups excluding carboxylic acids is 1. The van der Waals surface area contributed by atoms with Crippen LogP contribution in [0.4, 0.5) is 0 Å². The number of likely N-dealkylation sites (tertiary alicyclic amines) is 1. The summed E-state index contributed by atoms with van der Waals surface area (Å²) >= 11 is 0. The monoisotopic (exact) mass is 446 g/mol. The first kappa shape index (κ1) is 22.0. The smallest absolute Gasteiger partial charge is 0.340 e. The second-order valence-corrected chi connectivity index (χ2v) is 8.64. The Bertz CT molecular complexity index is 1100. The molecular formula is C27H30N2O4. The average molecular weight is 447 g/mol. The minimum atomic E-state index is -0.313. The molecule has 0 atom stereocenters. The summed E-state index contributed by atoms with van der Waals surface area (Å²) in [4.78, 5) is 20.6. The summed E-state index contributed by atoms with van der Waals surface area (Å²) in [5.41, 5.74) is 4.14. The third-order valence-electron chi connectivity index (χ3n) is 6.55. The molecule has 2 aliphatic heterocycles. The number of rotatable bonds is 6. The van der Waals surface area contributed by atoms with Gasteiger partial charge in [-0.2, -0.15) is 0 Å². The van der Waals surface area contributed by atoms with Crippen LogP contribution in [0.25, 0.3) is 22.0 Å². The molecule has 6 heteroatoms. The van der Waals surface area contributed by atoms with Crippen molar-refractivity contribution in [2.24, 2.45) is 5.92 Å². The van der Waals surface area contributed by atoms with Crippen LogP contribution in [-0.2, 0) is 20.8 Å². The van der Waals surface area contributed by atoms with E-state index in [2.05, 4.69) is 4.90 Å². The van der Waals surface area contributed by atoms with Crippen molar-refractivity contribution >= 4 is 16.9 Å². The minimum absolute atomic E-state index is 0.0641. The van der Waals surface area contributed by atoms with E-state index in [1.54, 1.807) is 0 Å². The third-order valence-corrected chi connectivity index (χ3v) is 6.55. The number of piperidine rings is 1. The fraction of sp³-hybridized carbons (Fsp3) is 0.407. The molecule has 0 N–H and O–H groups in total. The van der Waals surface area contributed by atoms with Gasteiger partial charge in [0.15, 0.2) is 6.29 Å². The van der Waals surface area contributed by atoms with Gasteiger partial charge in [0.05, 0.1) is 36.6 Å². The van der Waals surface area contributed by atoms with Crippen LogP contribution >= 0.6 is 0 Å². The Morgan fingerprint density at radius 3 is 2.45 bits per heavy atom. The van der Waals surface area contributed by atoms with Gasteiger partial charge in [0.25, 0.3) is 0 Å². The Labute approximate surface area is 194 Å². The van der Waals surface area contributed by atoms with Gasteiger partial charge in [0.2, 0.25) is 0 Å². The lowest BCUT2D eigenvalue weighted by Gasteiger charge is -2.34. The van der Waals surface area contributed by atoms with Crippen molar-refractivity contribution < 1.29 is 19.0 Å². The van der Waals surface area contributed by atoms with E-state index >= 15 is 0 Å². The summed E-state index contributed by atoms with van der Waals surface area (Å²) in [6.07, 6.45) is 1.96. The van der Waals surface area contributed by atoms with E-state index in [0.29, 0.717) is 37.8 Å². The largest absolute Gasteiger partial charge is 0.462 e. The SMILES string of the molecule is CCOC(=O)c1c(CN2CCC(C3OCCO3)CC2)nc2ccccc2c1-c1ccccc1. The maximum atomic E-state index is 13.3. The van der Waals surface area contributed by atoms with E-state index in [4.69, 9.17) is 19.2 Å². The van der Waals surface area contributed by atoms with Crippen LogP contribution < -0.4 is 0 Å². The van der Waals surface area contributed by atoms with E-state index < -0.39 is 0 Å². The van der Waals surface area contributed by atoms with Crippen molar-refractivity contribution in [3.05, 3.63) is 65.9 Å². The number of carbonyl (C=O) groups is 1. The predicted molar refractivity (Wildman–Crippen MR) is 127 cm³/mol. The zero-order valence-corrected chi connectivity index (χ0v) is 19.0. The predicted octanol–water partition coefficient (Wildman–Crippen LogP) is 4.66. The molecule has 2 fully saturated rings. The topological polar surface area (TPSA) is 60.9 Å². The van der Waals surface area contributed by atoms with E-state index in [9.17, 15) is 4.79 Å². The van der Waals surface area contributed by atoms with Gasteiger partial charge in [0, 0.05) is 23.4 Å². The highest BCUT2D eigenvalue weighted by atomic mass is 16.7. The first-order valence-corrected chi connectivity index (χ1v) is 11.8. The molecule has 2 aromatic carbocycles. The lowest BCUT2D eigenvalue weighted by Crippen LogP contribution is -2.38. The van der Waals surface area contributed by atoms with Gasteiger partial charge >= 0.3 is 5.97 Å². The van der Waals surface area contributed by atoms with Gasteiger partial charge in [-0.15, -0.1) is 0 Å². The molecule has 0 amide bonds. The molecule has 5 rings (SSSR count). The number of esters is 1. The fourth-order valence-electron chi connectivity index (χ4n) is 4.95. The van der Waals surface area contributed by atoms with Crippen LogP contribution in [0.3, 0.4) is 0 Å². The zero-order valence-electron chi connectivity index (χ0n) is 19.0. The van der Waals surface area contributed by atoms with Crippen molar-refractivity contribution in [3.8, 4) is 11.1 Å². The fourth-order valence-corrected chi connectivity index (χ4v) is 4.95. The Kier molecular flexibility index (Phi) is 6.67. The summed E-state index contributed by atoms with van der Waals surface area (Å²) in [6, 6.07) is 18.1. The molecule has 0 radical (unpaired) electrons. The summed E-state index contributed by atoms with van der Waals surface area (Å²) < 4.78 is 17.0. The maximum absolute atomic E-state index is 13.3. The molecule has 172 valence electrons. The Morgan fingerprint density at radius 1 is 1.03 bits per heavy atom. The zero-order chi connectivity index (χ0) is 22.6. The van der Waals surface area contributed by atoms with Crippen LogP contribution in [0.15, 0.2) is 54.6 Å². The van der Waals surface area contributed by atoms with Gasteiger partial charge in [0.1, 0.15) is 0 Å². The molecule has 2 aliphatic rings. The summed E-state index contributed by atoms with van der Waals surface area (Å²) in [5, 5.41) is 0.963. The molecule has 0 aliphatic carbocycles. The first-order chi connectivity index (χ1) is 16.2. The summed E-state index contributed by atoms with van der Waals surface area (Å²) in [6.45, 7) is 6.00. The van der Waals surface area contributed by atoms with Crippen molar-refractivity contribution in [1.29, 1.82) is 0 Å². The molecule has 0 spiro atoms. The van der Waals surface area contributed by atoms with E-state index in [1.165, 1.54) is 0 Å². The van der Waals surface area contributed by atoms with E-state index in [-0.39, 0.29) is 12.3 Å². The number of ether oxygens (including phenoxy) is 3. The molecule has 6 nitrogen and oxygen atoms in total. The highest BCUT2D eigenvalue weighted by molar-refractivity contribution is 6.07. The van der Waals surface area contributed by atoms with Crippen LogP contribution in [0.1, 0.15) is 35.8 Å². The van der Waals surface area contributed by atoms with Gasteiger partial charge in [-0.25, -0.2) is 4.79 Å². The Morgan fingerprint density at radius 2 is 1.73 bits per heavy atom. The van der Waals surface area contributed by atoms with Crippen LogP contribution in [0.5, 0.6) is 0 Å². The summed E-state index contributed by atoms with van der Waals surface area (Å²) in [7, 11) is 0. The molecule has 0 bridgehead atoms. The van der Waals surface area contributed by atoms with Crippen LogP contribution in [0, 0.1) is 5.92 Å². The van der Waals surface area contributed by atoms with Crippen molar-refractivity contribution in [1.82, 2.24) is 9.88 Å². The van der Waals surface area contributed by atoms with E-state index in [0.717, 1.165) is 53.7 Å². The number of hydrogen-bond acceptors (Lipinski definition) is 6. The quantitative estimate of drug-likeness (QED) is 0.513. The normalized spacial score (nSPS) is 18.1. The Balaban J connectivity index is 1.51. The van der Waals surface area contributed by atoms with Crippen molar-refractivity contribution in [2.45, 2.75) is 32.6 Å². The maximum Gasteiger partial charge on any atom is 0.340 e. The molecule has 3 heterocycles. The molecular weight excluding hydrogens is 416 g/mol. The average Bonchev–Trinajstić information content (AvgIpc) is 3.39. The van der Waals surface area contributed by atoms with Gasteiger partial charge in [-0.3, -0.25) is 9.88 Å². The van der Waals surface area contributed by atoms with Gasteiger partial charge in [-0.1, -0.05) is 48.5 Å². The number of pyridine rings is 1.